The summed E-state index contributed by atoms with van der Waals surface area (Å²) in [6.45, 7) is 10.3. The van der Waals surface area contributed by atoms with Gasteiger partial charge in [0.2, 0.25) is 5.91 Å². The number of phenols is 1. The first-order chi connectivity index (χ1) is 22.6. The minimum Gasteiger partial charge on any atom is -0.507 e. The van der Waals surface area contributed by atoms with E-state index in [0.717, 1.165) is 57.1 Å². The lowest BCUT2D eigenvalue weighted by Gasteiger charge is -2.31. The number of nitrogens with one attached hydrogen (secondary N) is 1. The van der Waals surface area contributed by atoms with Crippen LogP contribution in [0.5, 0.6) is 5.75 Å². The molecule has 47 heavy (non-hydrogen) atoms. The monoisotopic (exact) mass is 665 g/mol. The minimum absolute atomic E-state index is 0.100. The van der Waals surface area contributed by atoms with Gasteiger partial charge < -0.3 is 15.5 Å². The van der Waals surface area contributed by atoms with Crippen LogP contribution in [-0.2, 0) is 9.59 Å². The lowest BCUT2D eigenvalue weighted by atomic mass is 9.85. The summed E-state index contributed by atoms with van der Waals surface area (Å²) in [5.41, 5.74) is -0.00134. The standard InChI is InChI=1S/C40H59NO5S/c1-6-9-10-11-12-13-14-15-16-17-18-19-20-21-22-23-24-25-28-47-40(7-2,8-3)37(43)30-33(29-32(4)5)38(44)41-34-26-27-36(42)35(31-34)39(45)46/h9-10,12-13,15-16,18-19,21-22,26-27,31-33,42H,6-8,11,14,17,20,23-25,28-30H2,1-5H3,(H,41,44)(H,45,46)/b10-9-,13-12-,16-15-,19-18-,22-21-/t33-/m1/s1. The van der Waals surface area contributed by atoms with Crippen molar-refractivity contribution in [2.24, 2.45) is 11.8 Å². The van der Waals surface area contributed by atoms with Crippen molar-refractivity contribution in [3.63, 3.8) is 0 Å². The number of allylic oxidation sites excluding steroid dienone is 10. The molecule has 260 valence electrons. The third kappa shape index (κ3) is 17.4. The molecule has 3 N–H and O–H groups in total. The topological polar surface area (TPSA) is 104 Å². The van der Waals surface area contributed by atoms with Crippen molar-refractivity contribution in [3.8, 4) is 5.75 Å². The minimum atomic E-state index is -1.28. The van der Waals surface area contributed by atoms with Crippen molar-refractivity contribution in [2.45, 2.75) is 116 Å². The van der Waals surface area contributed by atoms with Gasteiger partial charge in [-0.1, -0.05) is 95.4 Å². The number of hydrogen-bond acceptors (Lipinski definition) is 5. The van der Waals surface area contributed by atoms with Crippen molar-refractivity contribution in [1.82, 2.24) is 0 Å². The Labute approximate surface area is 288 Å². The first kappa shape index (κ1) is 41.7. The lowest BCUT2D eigenvalue weighted by molar-refractivity contribution is -0.128. The predicted molar refractivity (Wildman–Crippen MR) is 200 cm³/mol. The molecule has 0 spiro atoms. The van der Waals surface area contributed by atoms with E-state index >= 15 is 0 Å². The molecular weight excluding hydrogens is 607 g/mol. The average Bonchev–Trinajstić information content (AvgIpc) is 3.04. The molecule has 1 atom stereocenters. The number of ketones is 1. The third-order valence-corrected chi connectivity index (χ3v) is 9.85. The van der Waals surface area contributed by atoms with Gasteiger partial charge in [0.1, 0.15) is 17.1 Å². The van der Waals surface area contributed by atoms with Crippen LogP contribution in [0.15, 0.2) is 79.0 Å². The van der Waals surface area contributed by atoms with Gasteiger partial charge in [-0.3, -0.25) is 9.59 Å². The van der Waals surface area contributed by atoms with E-state index in [1.807, 2.05) is 27.7 Å². The zero-order valence-electron chi connectivity index (χ0n) is 29.4. The molecule has 7 heteroatoms. The number of rotatable bonds is 25. The molecule has 0 aliphatic rings. The fourth-order valence-electron chi connectivity index (χ4n) is 5.22. The second-order valence-corrected chi connectivity index (χ2v) is 13.7. The van der Waals surface area contributed by atoms with Gasteiger partial charge in [0, 0.05) is 18.0 Å². The lowest BCUT2D eigenvalue weighted by Crippen LogP contribution is -2.38. The molecule has 0 heterocycles. The van der Waals surface area contributed by atoms with Gasteiger partial charge in [-0.2, -0.15) is 0 Å². The Morgan fingerprint density at radius 3 is 1.89 bits per heavy atom. The number of aromatic hydroxyl groups is 1. The summed E-state index contributed by atoms with van der Waals surface area (Å²) in [5, 5.41) is 21.9. The highest BCUT2D eigenvalue weighted by atomic mass is 32.2. The smallest absolute Gasteiger partial charge is 0.339 e. The van der Waals surface area contributed by atoms with Crippen molar-refractivity contribution in [3.05, 3.63) is 84.5 Å². The molecule has 1 aromatic carbocycles. The number of thioether (sulfide) groups is 1. The summed E-state index contributed by atoms with van der Waals surface area (Å²) < 4.78 is -0.526. The van der Waals surface area contributed by atoms with Gasteiger partial charge in [0.15, 0.2) is 0 Å². The highest BCUT2D eigenvalue weighted by Crippen LogP contribution is 2.37. The van der Waals surface area contributed by atoms with E-state index in [4.69, 9.17) is 0 Å². The molecule has 0 unspecified atom stereocenters. The number of amides is 1. The Balaban J connectivity index is 2.52. The SMILES string of the molecule is CC/C=C\C/C=C\C/C=C\C/C=C\C/C=C\CCCCSC(CC)(CC)C(=O)C[C@@H](CC(C)C)C(=O)Nc1ccc(O)c(C(=O)O)c1. The molecule has 0 saturated heterocycles. The summed E-state index contributed by atoms with van der Waals surface area (Å²) in [4.78, 5) is 38.5. The number of carboxylic acid groups (broad SMARTS) is 1. The number of carboxylic acids is 1. The maximum Gasteiger partial charge on any atom is 0.339 e. The fraction of sp³-hybridized carbons (Fsp3) is 0.525. The summed E-state index contributed by atoms with van der Waals surface area (Å²) in [6, 6.07) is 3.95. The van der Waals surface area contributed by atoms with Gasteiger partial charge in [0.05, 0.1) is 4.75 Å². The molecule has 0 aliphatic heterocycles. The van der Waals surface area contributed by atoms with E-state index in [9.17, 15) is 24.6 Å². The second-order valence-electron chi connectivity index (χ2n) is 12.2. The fourth-order valence-corrected chi connectivity index (χ4v) is 6.61. The molecule has 6 nitrogen and oxygen atoms in total. The largest absolute Gasteiger partial charge is 0.507 e. The zero-order chi connectivity index (χ0) is 34.9. The van der Waals surface area contributed by atoms with E-state index < -0.39 is 16.6 Å². The summed E-state index contributed by atoms with van der Waals surface area (Å²) in [6.07, 6.45) is 32.3. The second kappa shape index (κ2) is 24.8. The van der Waals surface area contributed by atoms with Crippen molar-refractivity contribution in [2.75, 3.05) is 11.1 Å². The molecule has 0 aromatic heterocycles. The van der Waals surface area contributed by atoms with E-state index in [2.05, 4.69) is 73.0 Å². The van der Waals surface area contributed by atoms with Gasteiger partial charge in [-0.05, 0) is 100 Å². The number of unbranched alkanes of at least 4 members (excludes halogenated alkanes) is 2. The summed E-state index contributed by atoms with van der Waals surface area (Å²) >= 11 is 1.73. The number of Topliss-reactive ketones (excluding diaryl/α,β-unsaturated/α-hetero) is 1. The van der Waals surface area contributed by atoms with E-state index in [1.54, 1.807) is 11.8 Å². The molecule has 1 rings (SSSR count). The van der Waals surface area contributed by atoms with Crippen LogP contribution in [0.2, 0.25) is 0 Å². The molecule has 1 aromatic rings. The van der Waals surface area contributed by atoms with Crippen LogP contribution in [-0.4, -0.2) is 38.4 Å². The van der Waals surface area contributed by atoms with Crippen LogP contribution in [0.25, 0.3) is 0 Å². The Morgan fingerprint density at radius 2 is 1.38 bits per heavy atom. The maximum atomic E-state index is 13.7. The van der Waals surface area contributed by atoms with Crippen molar-refractivity contribution >= 4 is 35.1 Å². The molecule has 0 bridgehead atoms. The van der Waals surface area contributed by atoms with Crippen LogP contribution in [0.4, 0.5) is 5.69 Å². The van der Waals surface area contributed by atoms with Crippen molar-refractivity contribution < 1.29 is 24.6 Å². The Bertz CT molecular complexity index is 1220. The number of anilines is 1. The highest BCUT2D eigenvalue weighted by Gasteiger charge is 2.37. The van der Waals surface area contributed by atoms with Crippen molar-refractivity contribution in [1.29, 1.82) is 0 Å². The summed E-state index contributed by atoms with van der Waals surface area (Å²) in [7, 11) is 0. The van der Waals surface area contributed by atoms with Crippen LogP contribution >= 0.6 is 11.8 Å². The number of carbonyl (C=O) groups is 3. The Hall–Kier alpha value is -3.32. The first-order valence-electron chi connectivity index (χ1n) is 17.4. The average molecular weight is 666 g/mol. The van der Waals surface area contributed by atoms with Gasteiger partial charge >= 0.3 is 5.97 Å². The normalized spacial score (nSPS) is 13.2. The first-order valence-corrected chi connectivity index (χ1v) is 18.4. The molecule has 0 saturated carbocycles. The zero-order valence-corrected chi connectivity index (χ0v) is 30.2. The quantitative estimate of drug-likeness (QED) is 0.0545. The van der Waals surface area contributed by atoms with Gasteiger partial charge in [-0.15, -0.1) is 11.8 Å². The van der Waals surface area contributed by atoms with E-state index in [0.29, 0.717) is 19.3 Å². The van der Waals surface area contributed by atoms with E-state index in [-0.39, 0.29) is 41.0 Å². The molecule has 1 amide bonds. The predicted octanol–water partition coefficient (Wildman–Crippen LogP) is 10.9. The maximum absolute atomic E-state index is 13.7. The van der Waals surface area contributed by atoms with Gasteiger partial charge in [0.25, 0.3) is 0 Å². The summed E-state index contributed by atoms with van der Waals surface area (Å²) in [5.74, 6) is -1.29. The number of hydrogen-bond donors (Lipinski definition) is 3. The molecule has 0 radical (unpaired) electrons. The molecule has 0 fully saturated rings. The molecule has 0 aliphatic carbocycles. The van der Waals surface area contributed by atoms with E-state index in [1.165, 1.54) is 18.2 Å². The number of benzene rings is 1. The van der Waals surface area contributed by atoms with Crippen LogP contribution < -0.4 is 5.32 Å². The number of aromatic carboxylic acids is 1. The highest BCUT2D eigenvalue weighted by molar-refractivity contribution is 8.01. The van der Waals surface area contributed by atoms with Crippen LogP contribution in [0.1, 0.15) is 122 Å². The van der Waals surface area contributed by atoms with Crippen LogP contribution in [0, 0.1) is 11.8 Å². The number of carbonyl (C=O) groups excluding carboxylic acids is 2. The Kier molecular flexibility index (Phi) is 22.0. The molecular formula is C40H59NO5S. The Morgan fingerprint density at radius 1 is 0.830 bits per heavy atom. The van der Waals surface area contributed by atoms with Crippen LogP contribution in [0.3, 0.4) is 0 Å². The van der Waals surface area contributed by atoms with Gasteiger partial charge in [-0.25, -0.2) is 4.79 Å². The third-order valence-electron chi connectivity index (χ3n) is 8.00.